The zero-order valence-corrected chi connectivity index (χ0v) is 18.3. The zero-order chi connectivity index (χ0) is 23.6. The van der Waals surface area contributed by atoms with Crippen LogP contribution in [0.4, 0.5) is 10.1 Å². The van der Waals surface area contributed by atoms with Gasteiger partial charge in [-0.05, 0) is 53.9 Å². The number of esters is 1. The number of nitrogens with one attached hydrogen (secondary N) is 1. The number of carbonyl (C=O) groups is 1. The molecule has 4 rings (SSSR count). The van der Waals surface area contributed by atoms with E-state index >= 15 is 0 Å². The van der Waals surface area contributed by atoms with Crippen molar-refractivity contribution in [3.8, 4) is 5.75 Å². The quantitative estimate of drug-likeness (QED) is 0.325. The molecule has 0 saturated carbocycles. The van der Waals surface area contributed by atoms with Gasteiger partial charge < -0.3 is 9.84 Å². The van der Waals surface area contributed by atoms with Gasteiger partial charge in [0.2, 0.25) is 0 Å². The number of sulfonamides is 1. The standard InChI is InChI=1S/C24H19FN2O5S/c1-32-24(29)20-13-21(27-33(30,31)18-5-3-2-4-6-18)19-12-16(14-26-22(19)23(20)28)11-15-7-9-17(25)10-8-15/h2-10,12-14,27-28H,11H2,1H3. The Hall–Kier alpha value is -3.98. The number of aromatic nitrogens is 1. The molecule has 0 amide bonds. The van der Waals surface area contributed by atoms with Gasteiger partial charge >= 0.3 is 5.97 Å². The summed E-state index contributed by atoms with van der Waals surface area (Å²) in [7, 11) is -2.84. The van der Waals surface area contributed by atoms with Gasteiger partial charge in [-0.1, -0.05) is 30.3 Å². The summed E-state index contributed by atoms with van der Waals surface area (Å²) in [6, 6.07) is 16.6. The number of phenolic OH excluding ortho intramolecular Hbond substituents is 1. The fraction of sp³-hybridized carbons (Fsp3) is 0.0833. The monoisotopic (exact) mass is 466 g/mol. The second-order valence-corrected chi connectivity index (χ2v) is 8.96. The Labute approximate surface area is 189 Å². The number of pyridine rings is 1. The minimum absolute atomic E-state index is 0.0290. The molecule has 4 aromatic rings. The Bertz CT molecular complexity index is 1440. The van der Waals surface area contributed by atoms with Crippen LogP contribution in [0.15, 0.2) is 77.8 Å². The average Bonchev–Trinajstić information content (AvgIpc) is 2.82. The highest BCUT2D eigenvalue weighted by molar-refractivity contribution is 7.92. The van der Waals surface area contributed by atoms with Gasteiger partial charge in [-0.2, -0.15) is 0 Å². The van der Waals surface area contributed by atoms with E-state index in [9.17, 15) is 22.7 Å². The molecule has 0 fully saturated rings. The number of anilines is 1. The van der Waals surface area contributed by atoms with E-state index in [1.54, 1.807) is 36.4 Å². The van der Waals surface area contributed by atoms with Crippen LogP contribution >= 0.6 is 0 Å². The summed E-state index contributed by atoms with van der Waals surface area (Å²) in [4.78, 5) is 16.5. The molecule has 168 valence electrons. The zero-order valence-electron chi connectivity index (χ0n) is 17.4. The molecule has 0 saturated heterocycles. The highest BCUT2D eigenvalue weighted by Crippen LogP contribution is 2.35. The second kappa shape index (κ2) is 8.87. The number of halogens is 1. The van der Waals surface area contributed by atoms with Crippen LogP contribution in [0.25, 0.3) is 10.9 Å². The van der Waals surface area contributed by atoms with Crippen molar-refractivity contribution in [3.63, 3.8) is 0 Å². The lowest BCUT2D eigenvalue weighted by Gasteiger charge is -2.15. The van der Waals surface area contributed by atoms with E-state index in [4.69, 9.17) is 4.74 Å². The molecule has 33 heavy (non-hydrogen) atoms. The maximum atomic E-state index is 13.2. The van der Waals surface area contributed by atoms with Crippen LogP contribution in [-0.4, -0.2) is 31.6 Å². The van der Waals surface area contributed by atoms with E-state index < -0.39 is 21.7 Å². The van der Waals surface area contributed by atoms with Gasteiger partial charge in [0.15, 0.2) is 5.75 Å². The van der Waals surface area contributed by atoms with E-state index in [2.05, 4.69) is 9.71 Å². The van der Waals surface area contributed by atoms with Gasteiger partial charge in [-0.25, -0.2) is 17.6 Å². The molecule has 1 aromatic heterocycles. The number of benzene rings is 3. The van der Waals surface area contributed by atoms with Gasteiger partial charge in [0, 0.05) is 11.6 Å². The Morgan fingerprint density at radius 1 is 1.06 bits per heavy atom. The summed E-state index contributed by atoms with van der Waals surface area (Å²) in [5.41, 5.74) is 1.38. The topological polar surface area (TPSA) is 106 Å². The Kier molecular flexibility index (Phi) is 5.97. The van der Waals surface area contributed by atoms with Crippen LogP contribution in [0.2, 0.25) is 0 Å². The van der Waals surface area contributed by atoms with Gasteiger partial charge in [-0.15, -0.1) is 0 Å². The summed E-state index contributed by atoms with van der Waals surface area (Å²) in [6.07, 6.45) is 1.90. The van der Waals surface area contributed by atoms with Crippen molar-refractivity contribution < 1.29 is 27.4 Å². The molecule has 0 aliphatic heterocycles. The number of carbonyl (C=O) groups excluding carboxylic acids is 1. The predicted molar refractivity (Wildman–Crippen MR) is 121 cm³/mol. The van der Waals surface area contributed by atoms with Crippen LogP contribution in [0.1, 0.15) is 21.5 Å². The SMILES string of the molecule is COC(=O)c1cc(NS(=O)(=O)c2ccccc2)c2cc(Cc3ccc(F)cc3)cnc2c1O. The minimum Gasteiger partial charge on any atom is -0.505 e. The summed E-state index contributed by atoms with van der Waals surface area (Å²) in [5, 5.41) is 10.9. The van der Waals surface area contributed by atoms with Crippen molar-refractivity contribution in [2.45, 2.75) is 11.3 Å². The molecule has 0 atom stereocenters. The third-order valence-electron chi connectivity index (χ3n) is 5.03. The van der Waals surface area contributed by atoms with Crippen LogP contribution in [0, 0.1) is 5.82 Å². The summed E-state index contributed by atoms with van der Waals surface area (Å²) in [5.74, 6) is -1.62. The number of ether oxygens (including phenoxy) is 1. The van der Waals surface area contributed by atoms with E-state index in [-0.39, 0.29) is 27.5 Å². The van der Waals surface area contributed by atoms with E-state index in [1.807, 2.05) is 0 Å². The van der Waals surface area contributed by atoms with Gasteiger partial charge in [0.25, 0.3) is 10.0 Å². The minimum atomic E-state index is -4.00. The average molecular weight is 466 g/mol. The van der Waals surface area contributed by atoms with Crippen LogP contribution in [-0.2, 0) is 21.2 Å². The van der Waals surface area contributed by atoms with E-state index in [1.165, 1.54) is 36.5 Å². The Morgan fingerprint density at radius 2 is 1.76 bits per heavy atom. The molecule has 0 spiro atoms. The van der Waals surface area contributed by atoms with Crippen molar-refractivity contribution in [2.75, 3.05) is 11.8 Å². The first-order valence-electron chi connectivity index (χ1n) is 9.84. The number of aromatic hydroxyl groups is 1. The van der Waals surface area contributed by atoms with Crippen LogP contribution < -0.4 is 4.72 Å². The number of fused-ring (bicyclic) bond motifs is 1. The lowest BCUT2D eigenvalue weighted by atomic mass is 10.0. The van der Waals surface area contributed by atoms with Crippen LogP contribution in [0.3, 0.4) is 0 Å². The van der Waals surface area contributed by atoms with E-state index in [0.717, 1.165) is 12.7 Å². The molecule has 0 unspecified atom stereocenters. The molecule has 0 aliphatic carbocycles. The number of methoxy groups -OCH3 is 1. The van der Waals surface area contributed by atoms with Crippen LogP contribution in [0.5, 0.6) is 5.75 Å². The predicted octanol–water partition coefficient (Wildman–Crippen LogP) is 4.26. The summed E-state index contributed by atoms with van der Waals surface area (Å²) < 4.78 is 46.3. The number of phenols is 1. The normalized spacial score (nSPS) is 11.3. The highest BCUT2D eigenvalue weighted by Gasteiger charge is 2.22. The molecular weight excluding hydrogens is 447 g/mol. The molecule has 9 heteroatoms. The first-order valence-corrected chi connectivity index (χ1v) is 11.3. The molecular formula is C24H19FN2O5S. The molecule has 0 bridgehead atoms. The molecule has 3 aromatic carbocycles. The molecule has 7 nitrogen and oxygen atoms in total. The first kappa shape index (κ1) is 22.2. The number of nitrogens with zero attached hydrogens (tertiary/aromatic N) is 1. The lowest BCUT2D eigenvalue weighted by Crippen LogP contribution is -2.14. The molecule has 0 aliphatic rings. The third-order valence-corrected chi connectivity index (χ3v) is 6.41. The molecule has 1 heterocycles. The summed E-state index contributed by atoms with van der Waals surface area (Å²) >= 11 is 0. The van der Waals surface area contributed by atoms with Crippen molar-refractivity contribution in [1.82, 2.24) is 4.98 Å². The van der Waals surface area contributed by atoms with Crippen molar-refractivity contribution >= 4 is 32.6 Å². The van der Waals surface area contributed by atoms with Crippen molar-refractivity contribution in [1.29, 1.82) is 0 Å². The lowest BCUT2D eigenvalue weighted by molar-refractivity contribution is 0.0597. The molecule has 0 radical (unpaired) electrons. The first-order chi connectivity index (χ1) is 15.8. The maximum absolute atomic E-state index is 13.2. The number of rotatable bonds is 6. The number of hydrogen-bond donors (Lipinski definition) is 2. The molecule has 2 N–H and O–H groups in total. The second-order valence-electron chi connectivity index (χ2n) is 7.27. The number of hydrogen-bond acceptors (Lipinski definition) is 6. The van der Waals surface area contributed by atoms with Gasteiger partial charge in [0.05, 0.1) is 17.7 Å². The fourth-order valence-corrected chi connectivity index (χ4v) is 4.50. The van der Waals surface area contributed by atoms with Gasteiger partial charge in [-0.3, -0.25) is 9.71 Å². The maximum Gasteiger partial charge on any atom is 0.341 e. The van der Waals surface area contributed by atoms with Crippen molar-refractivity contribution in [3.05, 3.63) is 95.4 Å². The summed E-state index contributed by atoms with van der Waals surface area (Å²) in [6.45, 7) is 0. The van der Waals surface area contributed by atoms with E-state index in [0.29, 0.717) is 17.4 Å². The van der Waals surface area contributed by atoms with Gasteiger partial charge in [0.1, 0.15) is 16.9 Å². The third kappa shape index (κ3) is 4.63. The largest absolute Gasteiger partial charge is 0.505 e. The Morgan fingerprint density at radius 3 is 2.42 bits per heavy atom. The van der Waals surface area contributed by atoms with Crippen molar-refractivity contribution in [2.24, 2.45) is 0 Å². The Balaban J connectivity index is 1.85. The highest BCUT2D eigenvalue weighted by atomic mass is 32.2. The smallest absolute Gasteiger partial charge is 0.341 e. The fourth-order valence-electron chi connectivity index (χ4n) is 3.41.